The van der Waals surface area contributed by atoms with Crippen LogP contribution in [0.5, 0.6) is 0 Å². The van der Waals surface area contributed by atoms with E-state index in [-0.39, 0.29) is 0 Å². The molecule has 0 saturated heterocycles. The fraction of sp³-hybridized carbons (Fsp3) is 0.273. The molecular weight excluding hydrogens is 224 g/mol. The molecule has 0 spiro atoms. The van der Waals surface area contributed by atoms with Crippen LogP contribution in [0.3, 0.4) is 0 Å². The van der Waals surface area contributed by atoms with Crippen LogP contribution in [0.2, 0.25) is 0 Å². The van der Waals surface area contributed by atoms with Gasteiger partial charge in [0.1, 0.15) is 16.7 Å². The van der Waals surface area contributed by atoms with Crippen LogP contribution in [0, 0.1) is 4.64 Å². The summed E-state index contributed by atoms with van der Waals surface area (Å²) in [6.45, 7) is 1.29. The minimum atomic E-state index is 0.559. The summed E-state index contributed by atoms with van der Waals surface area (Å²) < 4.78 is 11.0. The van der Waals surface area contributed by atoms with Crippen LogP contribution in [0.25, 0.3) is 11.4 Å². The highest BCUT2D eigenvalue weighted by molar-refractivity contribution is 7.71. The number of rotatable bonds is 1. The number of aromatic nitrogens is 2. The maximum Gasteiger partial charge on any atom is 0.142 e. The second-order valence-electron chi connectivity index (χ2n) is 3.66. The second-order valence-corrected chi connectivity index (χ2v) is 4.05. The lowest BCUT2D eigenvalue weighted by Gasteiger charge is -2.16. The Labute approximate surface area is 97.3 Å². The molecule has 2 aromatic heterocycles. The number of fused-ring (bicyclic) bond motifs is 1. The predicted octanol–water partition coefficient (Wildman–Crippen LogP) is 2.47. The van der Waals surface area contributed by atoms with E-state index in [4.69, 9.17) is 21.4 Å². The molecule has 0 bridgehead atoms. The first-order chi connectivity index (χ1) is 7.84. The molecule has 0 aliphatic carbocycles. The molecule has 4 nitrogen and oxygen atoms in total. The summed E-state index contributed by atoms with van der Waals surface area (Å²) in [6, 6.07) is 1.86. The highest BCUT2D eigenvalue weighted by atomic mass is 32.1. The maximum atomic E-state index is 5.36. The zero-order valence-electron chi connectivity index (χ0n) is 8.53. The molecule has 3 heterocycles. The van der Waals surface area contributed by atoms with Crippen molar-refractivity contribution in [1.29, 1.82) is 0 Å². The third kappa shape index (κ3) is 1.58. The van der Waals surface area contributed by atoms with Gasteiger partial charge in [-0.15, -0.1) is 0 Å². The van der Waals surface area contributed by atoms with E-state index in [0.717, 1.165) is 35.7 Å². The molecule has 0 aromatic carbocycles. The van der Waals surface area contributed by atoms with Crippen molar-refractivity contribution >= 4 is 12.2 Å². The SMILES string of the molecule is S=c1nc(-c2ccoc2)[nH]c2c1COCC2. The zero-order valence-corrected chi connectivity index (χ0v) is 9.34. The standard InChI is InChI=1S/C11H10N2O2S/c16-11-8-6-15-4-2-9(8)12-10(13-11)7-1-3-14-5-7/h1,3,5H,2,4,6H2,(H,12,13,16). The fourth-order valence-electron chi connectivity index (χ4n) is 1.79. The quantitative estimate of drug-likeness (QED) is 0.770. The van der Waals surface area contributed by atoms with Gasteiger partial charge < -0.3 is 14.1 Å². The number of hydrogen-bond acceptors (Lipinski definition) is 4. The summed E-state index contributed by atoms with van der Waals surface area (Å²) >= 11 is 5.26. The van der Waals surface area contributed by atoms with Crippen LogP contribution < -0.4 is 0 Å². The monoisotopic (exact) mass is 234 g/mol. The van der Waals surface area contributed by atoms with E-state index < -0.39 is 0 Å². The number of H-pyrrole nitrogens is 1. The molecule has 5 heteroatoms. The molecule has 0 amide bonds. The third-order valence-electron chi connectivity index (χ3n) is 2.64. The lowest BCUT2D eigenvalue weighted by molar-refractivity contribution is 0.108. The van der Waals surface area contributed by atoms with Gasteiger partial charge in [0, 0.05) is 17.7 Å². The van der Waals surface area contributed by atoms with Crippen molar-refractivity contribution in [3.8, 4) is 11.4 Å². The van der Waals surface area contributed by atoms with Crippen molar-refractivity contribution in [3.63, 3.8) is 0 Å². The van der Waals surface area contributed by atoms with Crippen molar-refractivity contribution in [2.75, 3.05) is 6.61 Å². The first-order valence-corrected chi connectivity index (χ1v) is 5.48. The van der Waals surface area contributed by atoms with Crippen molar-refractivity contribution in [2.45, 2.75) is 13.0 Å². The first-order valence-electron chi connectivity index (χ1n) is 5.07. The largest absolute Gasteiger partial charge is 0.472 e. The molecule has 16 heavy (non-hydrogen) atoms. The molecule has 0 radical (unpaired) electrons. The number of furan rings is 1. The average Bonchev–Trinajstić information content (AvgIpc) is 2.82. The smallest absolute Gasteiger partial charge is 0.142 e. The Bertz CT molecular complexity index is 560. The minimum Gasteiger partial charge on any atom is -0.472 e. The molecule has 1 N–H and O–H groups in total. The molecule has 0 fully saturated rings. The number of aromatic amines is 1. The van der Waals surface area contributed by atoms with Gasteiger partial charge in [0.25, 0.3) is 0 Å². The molecule has 1 aliphatic heterocycles. The molecule has 2 aromatic rings. The Morgan fingerprint density at radius 3 is 3.19 bits per heavy atom. The predicted molar refractivity (Wildman–Crippen MR) is 60.5 cm³/mol. The lowest BCUT2D eigenvalue weighted by atomic mass is 10.1. The maximum absolute atomic E-state index is 5.36. The Morgan fingerprint density at radius 2 is 2.38 bits per heavy atom. The van der Waals surface area contributed by atoms with Gasteiger partial charge in [-0.1, -0.05) is 12.2 Å². The summed E-state index contributed by atoms with van der Waals surface area (Å²) in [6.07, 6.45) is 4.13. The van der Waals surface area contributed by atoms with Gasteiger partial charge >= 0.3 is 0 Å². The highest BCUT2D eigenvalue weighted by Gasteiger charge is 2.14. The lowest BCUT2D eigenvalue weighted by Crippen LogP contribution is -2.13. The average molecular weight is 234 g/mol. The molecular formula is C11H10N2O2S. The van der Waals surface area contributed by atoms with Crippen LogP contribution in [-0.4, -0.2) is 16.6 Å². The Morgan fingerprint density at radius 1 is 1.44 bits per heavy atom. The van der Waals surface area contributed by atoms with E-state index in [1.807, 2.05) is 6.07 Å². The topological polar surface area (TPSA) is 51.0 Å². The van der Waals surface area contributed by atoms with Gasteiger partial charge in [-0.05, 0) is 6.07 Å². The molecule has 0 unspecified atom stereocenters. The van der Waals surface area contributed by atoms with Crippen molar-refractivity contribution in [2.24, 2.45) is 0 Å². The third-order valence-corrected chi connectivity index (χ3v) is 2.98. The van der Waals surface area contributed by atoms with E-state index in [2.05, 4.69) is 9.97 Å². The molecule has 82 valence electrons. The molecule has 3 rings (SSSR count). The van der Waals surface area contributed by atoms with Crippen molar-refractivity contribution in [1.82, 2.24) is 9.97 Å². The summed E-state index contributed by atoms with van der Waals surface area (Å²) in [5, 5.41) is 0. The Balaban J connectivity index is 2.16. The van der Waals surface area contributed by atoms with Crippen molar-refractivity contribution < 1.29 is 9.15 Å². The number of nitrogens with one attached hydrogen (secondary N) is 1. The van der Waals surface area contributed by atoms with Gasteiger partial charge in [0.05, 0.1) is 25.0 Å². The summed E-state index contributed by atoms with van der Waals surface area (Å²) in [5.41, 5.74) is 3.05. The number of hydrogen-bond donors (Lipinski definition) is 1. The second kappa shape index (κ2) is 3.84. The number of ether oxygens (including phenoxy) is 1. The Hall–Kier alpha value is -1.46. The van der Waals surface area contributed by atoms with E-state index in [0.29, 0.717) is 11.2 Å². The van der Waals surface area contributed by atoms with Gasteiger partial charge in [-0.25, -0.2) is 4.98 Å². The van der Waals surface area contributed by atoms with E-state index in [1.165, 1.54) is 0 Å². The van der Waals surface area contributed by atoms with Crippen LogP contribution in [0.1, 0.15) is 11.3 Å². The van der Waals surface area contributed by atoms with Gasteiger partial charge in [-0.2, -0.15) is 0 Å². The summed E-state index contributed by atoms with van der Waals surface area (Å²) in [7, 11) is 0. The van der Waals surface area contributed by atoms with Crippen LogP contribution in [-0.2, 0) is 17.8 Å². The number of nitrogens with zero attached hydrogens (tertiary/aromatic N) is 1. The van der Waals surface area contributed by atoms with Gasteiger partial charge in [-0.3, -0.25) is 0 Å². The fourth-order valence-corrected chi connectivity index (χ4v) is 2.06. The first kappa shape index (κ1) is 9.74. The zero-order chi connectivity index (χ0) is 11.0. The molecule has 0 atom stereocenters. The summed E-state index contributed by atoms with van der Waals surface area (Å²) in [5.74, 6) is 0.763. The Kier molecular flexibility index (Phi) is 2.34. The summed E-state index contributed by atoms with van der Waals surface area (Å²) in [4.78, 5) is 7.64. The highest BCUT2D eigenvalue weighted by Crippen LogP contribution is 2.21. The van der Waals surface area contributed by atoms with E-state index in [1.54, 1.807) is 12.5 Å². The normalized spacial score (nSPS) is 14.8. The van der Waals surface area contributed by atoms with Gasteiger partial charge in [0.15, 0.2) is 0 Å². The minimum absolute atomic E-state index is 0.559. The molecule has 0 saturated carbocycles. The van der Waals surface area contributed by atoms with Crippen LogP contribution in [0.15, 0.2) is 23.0 Å². The van der Waals surface area contributed by atoms with Gasteiger partial charge in [0.2, 0.25) is 0 Å². The van der Waals surface area contributed by atoms with Crippen molar-refractivity contribution in [3.05, 3.63) is 34.5 Å². The van der Waals surface area contributed by atoms with E-state index in [9.17, 15) is 0 Å². The molecule has 1 aliphatic rings. The van der Waals surface area contributed by atoms with Crippen LogP contribution >= 0.6 is 12.2 Å². The van der Waals surface area contributed by atoms with E-state index >= 15 is 0 Å². The van der Waals surface area contributed by atoms with Crippen LogP contribution in [0.4, 0.5) is 0 Å².